The molecule has 136 valence electrons. The van der Waals surface area contributed by atoms with Crippen LogP contribution in [0.5, 0.6) is 0 Å². The SMILES string of the molecule is Cc1nc(CNC(=NCC(=O)N(C)C)NC2CCCC2)oc1C.I. The third kappa shape index (κ3) is 6.29. The minimum absolute atomic E-state index is 0. The van der Waals surface area contributed by atoms with Gasteiger partial charge in [0.15, 0.2) is 5.96 Å². The molecule has 0 aliphatic heterocycles. The molecule has 0 bridgehead atoms. The molecule has 1 aliphatic carbocycles. The number of hydrogen-bond acceptors (Lipinski definition) is 4. The first-order valence-corrected chi connectivity index (χ1v) is 8.13. The van der Waals surface area contributed by atoms with Crippen LogP contribution in [0.4, 0.5) is 0 Å². The van der Waals surface area contributed by atoms with E-state index in [0.717, 1.165) is 24.3 Å². The summed E-state index contributed by atoms with van der Waals surface area (Å²) in [6, 6.07) is 0.420. The van der Waals surface area contributed by atoms with Crippen molar-refractivity contribution in [3.05, 3.63) is 17.3 Å². The zero-order valence-corrected chi connectivity index (χ0v) is 17.2. The lowest BCUT2D eigenvalue weighted by Crippen LogP contribution is -2.42. The van der Waals surface area contributed by atoms with Crippen LogP contribution in [0.1, 0.15) is 43.0 Å². The summed E-state index contributed by atoms with van der Waals surface area (Å²) in [6.45, 7) is 4.39. The lowest BCUT2D eigenvalue weighted by atomic mass is 10.2. The van der Waals surface area contributed by atoms with E-state index >= 15 is 0 Å². The topological polar surface area (TPSA) is 82.8 Å². The number of aromatic nitrogens is 1. The molecular formula is C16H28IN5O2. The van der Waals surface area contributed by atoms with Gasteiger partial charge in [-0.15, -0.1) is 24.0 Å². The van der Waals surface area contributed by atoms with Crippen LogP contribution >= 0.6 is 24.0 Å². The maximum atomic E-state index is 11.7. The largest absolute Gasteiger partial charge is 0.444 e. The summed E-state index contributed by atoms with van der Waals surface area (Å²) >= 11 is 0. The van der Waals surface area contributed by atoms with Crippen molar-refractivity contribution in [2.24, 2.45) is 4.99 Å². The Labute approximate surface area is 160 Å². The van der Waals surface area contributed by atoms with Gasteiger partial charge < -0.3 is 20.0 Å². The number of nitrogens with one attached hydrogen (secondary N) is 2. The molecule has 0 aromatic carbocycles. The molecule has 1 amide bonds. The van der Waals surface area contributed by atoms with Crippen molar-refractivity contribution in [2.45, 2.75) is 52.1 Å². The fraction of sp³-hybridized carbons (Fsp3) is 0.688. The first-order chi connectivity index (χ1) is 11.0. The molecule has 1 aliphatic rings. The van der Waals surface area contributed by atoms with E-state index in [0.29, 0.717) is 24.4 Å². The summed E-state index contributed by atoms with van der Waals surface area (Å²) in [7, 11) is 3.46. The number of nitrogens with zero attached hydrogens (tertiary/aromatic N) is 3. The van der Waals surface area contributed by atoms with Crippen molar-refractivity contribution in [2.75, 3.05) is 20.6 Å². The third-order valence-electron chi connectivity index (χ3n) is 4.05. The highest BCUT2D eigenvalue weighted by molar-refractivity contribution is 14.0. The second kappa shape index (κ2) is 9.85. The average Bonchev–Trinajstić information content (AvgIpc) is 3.12. The quantitative estimate of drug-likeness (QED) is 0.408. The molecule has 1 aromatic heterocycles. The molecule has 0 atom stereocenters. The molecule has 0 saturated heterocycles. The molecular weight excluding hydrogens is 421 g/mol. The highest BCUT2D eigenvalue weighted by Gasteiger charge is 2.17. The molecule has 24 heavy (non-hydrogen) atoms. The second-order valence-electron chi connectivity index (χ2n) is 6.18. The molecule has 0 spiro atoms. The molecule has 1 heterocycles. The van der Waals surface area contributed by atoms with Gasteiger partial charge in [-0.1, -0.05) is 12.8 Å². The fourth-order valence-electron chi connectivity index (χ4n) is 2.48. The van der Waals surface area contributed by atoms with Crippen LogP contribution in [0.15, 0.2) is 9.41 Å². The lowest BCUT2D eigenvalue weighted by Gasteiger charge is -2.17. The number of carbonyl (C=O) groups excluding carboxylic acids is 1. The number of amides is 1. The van der Waals surface area contributed by atoms with Gasteiger partial charge in [0, 0.05) is 20.1 Å². The fourth-order valence-corrected chi connectivity index (χ4v) is 2.48. The Balaban J connectivity index is 0.00000288. The van der Waals surface area contributed by atoms with Gasteiger partial charge in [0.2, 0.25) is 11.8 Å². The standard InChI is InChI=1S/C16H27N5O2.HI/c1-11-12(2)23-14(19-11)9-17-16(18-10-15(22)21(3)4)20-13-7-5-6-8-13;/h13H,5-10H2,1-4H3,(H2,17,18,20);1H. The lowest BCUT2D eigenvalue weighted by molar-refractivity contribution is -0.127. The molecule has 7 nitrogen and oxygen atoms in total. The average molecular weight is 449 g/mol. The number of rotatable bonds is 5. The second-order valence-corrected chi connectivity index (χ2v) is 6.18. The van der Waals surface area contributed by atoms with Crippen molar-refractivity contribution in [1.82, 2.24) is 20.5 Å². The molecule has 8 heteroatoms. The number of hydrogen-bond donors (Lipinski definition) is 2. The minimum atomic E-state index is -0.0275. The molecule has 0 radical (unpaired) electrons. The predicted molar refractivity (Wildman–Crippen MR) is 105 cm³/mol. The van der Waals surface area contributed by atoms with E-state index in [9.17, 15) is 4.79 Å². The van der Waals surface area contributed by atoms with Gasteiger partial charge in [0.25, 0.3) is 0 Å². The molecule has 2 rings (SSSR count). The number of aliphatic imine (C=N–C) groups is 1. The van der Waals surface area contributed by atoms with E-state index in [-0.39, 0.29) is 36.4 Å². The molecule has 2 N–H and O–H groups in total. The Morgan fingerprint density at radius 2 is 2.00 bits per heavy atom. The number of guanidine groups is 1. The van der Waals surface area contributed by atoms with Gasteiger partial charge in [0.1, 0.15) is 12.3 Å². The van der Waals surface area contributed by atoms with Crippen LogP contribution in [-0.4, -0.2) is 48.4 Å². The third-order valence-corrected chi connectivity index (χ3v) is 4.05. The van der Waals surface area contributed by atoms with Gasteiger partial charge in [-0.3, -0.25) is 4.79 Å². The van der Waals surface area contributed by atoms with Crippen LogP contribution in [0.3, 0.4) is 0 Å². The van der Waals surface area contributed by atoms with Crippen LogP contribution in [-0.2, 0) is 11.3 Å². The zero-order valence-electron chi connectivity index (χ0n) is 14.9. The van der Waals surface area contributed by atoms with Crippen molar-refractivity contribution >= 4 is 35.8 Å². The summed E-state index contributed by atoms with van der Waals surface area (Å²) in [5.41, 5.74) is 0.895. The zero-order chi connectivity index (χ0) is 16.8. The molecule has 0 unspecified atom stereocenters. The number of halogens is 1. The van der Waals surface area contributed by atoms with Crippen molar-refractivity contribution < 1.29 is 9.21 Å². The van der Waals surface area contributed by atoms with E-state index in [4.69, 9.17) is 4.42 Å². The summed E-state index contributed by atoms with van der Waals surface area (Å²) in [5.74, 6) is 2.06. The van der Waals surface area contributed by atoms with Crippen molar-refractivity contribution in [3.63, 3.8) is 0 Å². The molecule has 1 aromatic rings. The maximum Gasteiger partial charge on any atom is 0.243 e. The normalized spacial score (nSPS) is 15.1. The molecule has 1 fully saturated rings. The van der Waals surface area contributed by atoms with Gasteiger partial charge in [0.05, 0.1) is 12.2 Å². The van der Waals surface area contributed by atoms with Gasteiger partial charge >= 0.3 is 0 Å². The monoisotopic (exact) mass is 449 g/mol. The number of oxazole rings is 1. The minimum Gasteiger partial charge on any atom is -0.444 e. The van der Waals surface area contributed by atoms with Crippen LogP contribution in [0, 0.1) is 13.8 Å². The van der Waals surface area contributed by atoms with Crippen LogP contribution in [0.25, 0.3) is 0 Å². The summed E-state index contributed by atoms with van der Waals surface area (Å²) < 4.78 is 5.57. The van der Waals surface area contributed by atoms with E-state index < -0.39 is 0 Å². The van der Waals surface area contributed by atoms with Crippen LogP contribution < -0.4 is 10.6 Å². The van der Waals surface area contributed by atoms with Crippen molar-refractivity contribution in [1.29, 1.82) is 0 Å². The summed E-state index contributed by atoms with van der Waals surface area (Å²) in [6.07, 6.45) is 4.75. The predicted octanol–water partition coefficient (Wildman–Crippen LogP) is 1.98. The number of likely N-dealkylation sites (N-methyl/N-ethyl adjacent to an activating group) is 1. The van der Waals surface area contributed by atoms with E-state index in [2.05, 4.69) is 20.6 Å². The van der Waals surface area contributed by atoms with E-state index in [1.165, 1.54) is 17.7 Å². The van der Waals surface area contributed by atoms with E-state index in [1.807, 2.05) is 13.8 Å². The first kappa shape index (κ1) is 20.7. The van der Waals surface area contributed by atoms with Crippen molar-refractivity contribution in [3.8, 4) is 0 Å². The molecule has 1 saturated carbocycles. The first-order valence-electron chi connectivity index (χ1n) is 8.13. The Morgan fingerprint density at radius 1 is 1.33 bits per heavy atom. The Hall–Kier alpha value is -1.32. The Kier molecular flexibility index (Phi) is 8.51. The highest BCUT2D eigenvalue weighted by atomic mass is 127. The summed E-state index contributed by atoms with van der Waals surface area (Å²) in [4.78, 5) is 22.0. The van der Waals surface area contributed by atoms with E-state index in [1.54, 1.807) is 14.1 Å². The smallest absolute Gasteiger partial charge is 0.243 e. The summed E-state index contributed by atoms with van der Waals surface area (Å²) in [5, 5.41) is 6.61. The van der Waals surface area contributed by atoms with Gasteiger partial charge in [-0.25, -0.2) is 9.98 Å². The van der Waals surface area contributed by atoms with Gasteiger partial charge in [-0.2, -0.15) is 0 Å². The number of carbonyl (C=O) groups is 1. The van der Waals surface area contributed by atoms with Crippen LogP contribution in [0.2, 0.25) is 0 Å². The maximum absolute atomic E-state index is 11.7. The Bertz CT molecular complexity index is 545. The Morgan fingerprint density at radius 3 is 2.54 bits per heavy atom. The van der Waals surface area contributed by atoms with Gasteiger partial charge in [-0.05, 0) is 26.7 Å². The number of aryl methyl sites for hydroxylation is 2. The highest BCUT2D eigenvalue weighted by Crippen LogP contribution is 2.17.